The van der Waals surface area contributed by atoms with Gasteiger partial charge in [-0.1, -0.05) is 13.8 Å². The van der Waals surface area contributed by atoms with E-state index in [1.54, 1.807) is 18.2 Å². The van der Waals surface area contributed by atoms with Crippen molar-refractivity contribution in [3.05, 3.63) is 35.5 Å². The molecule has 0 saturated carbocycles. The minimum absolute atomic E-state index is 0.323. The molecular weight excluding hydrogens is 338 g/mol. The average molecular weight is 361 g/mol. The Labute approximate surface area is 151 Å². The van der Waals surface area contributed by atoms with Crippen molar-refractivity contribution in [1.82, 2.24) is 4.37 Å². The summed E-state index contributed by atoms with van der Waals surface area (Å²) in [6.45, 7) is 5.94. The van der Waals surface area contributed by atoms with Crippen molar-refractivity contribution < 1.29 is 9.59 Å². The van der Waals surface area contributed by atoms with E-state index in [0.717, 1.165) is 17.0 Å². The zero-order valence-corrected chi connectivity index (χ0v) is 15.3. The lowest BCUT2D eigenvalue weighted by molar-refractivity contribution is -0.109. The van der Waals surface area contributed by atoms with Gasteiger partial charge in [0.05, 0.1) is 22.6 Å². The zero-order chi connectivity index (χ0) is 18.6. The summed E-state index contributed by atoms with van der Waals surface area (Å²) in [5, 5.41) is 5.36. The third-order valence-electron chi connectivity index (χ3n) is 3.68. The standard InChI is InChI=1S/C17H23N5O2S/c1-10(2)6-13(9-23)22(19)12-4-5-14(17(18)24)15(8-12)20-16-7-11(3)21-25-16/h4-5,7-10,13,20H,6,19H2,1-3H3,(H2,18,24)/t13-/m1/s1. The van der Waals surface area contributed by atoms with Crippen LogP contribution in [0.5, 0.6) is 0 Å². The van der Waals surface area contributed by atoms with E-state index in [1.165, 1.54) is 16.5 Å². The first-order chi connectivity index (χ1) is 11.8. The number of hydrogen-bond donors (Lipinski definition) is 3. The van der Waals surface area contributed by atoms with Crippen molar-refractivity contribution in [3.8, 4) is 0 Å². The second-order valence-electron chi connectivity index (χ2n) is 6.29. The number of primary amides is 1. The fourth-order valence-electron chi connectivity index (χ4n) is 2.48. The molecule has 1 aromatic carbocycles. The summed E-state index contributed by atoms with van der Waals surface area (Å²) in [6, 6.07) is 6.42. The van der Waals surface area contributed by atoms with E-state index in [9.17, 15) is 9.59 Å². The van der Waals surface area contributed by atoms with Crippen molar-refractivity contribution in [2.45, 2.75) is 33.2 Å². The Hall–Kier alpha value is -2.45. The van der Waals surface area contributed by atoms with Crippen molar-refractivity contribution in [1.29, 1.82) is 0 Å². The van der Waals surface area contributed by atoms with Gasteiger partial charge in [-0.15, -0.1) is 0 Å². The van der Waals surface area contributed by atoms with Crippen LogP contribution in [0, 0.1) is 12.8 Å². The molecule has 134 valence electrons. The van der Waals surface area contributed by atoms with Gasteiger partial charge in [0.2, 0.25) is 0 Å². The molecule has 0 bridgehead atoms. The maximum atomic E-state index is 11.7. The van der Waals surface area contributed by atoms with Gasteiger partial charge < -0.3 is 20.9 Å². The van der Waals surface area contributed by atoms with E-state index in [1.807, 2.05) is 26.8 Å². The van der Waals surface area contributed by atoms with Gasteiger partial charge in [0.1, 0.15) is 17.3 Å². The first kappa shape index (κ1) is 18.9. The summed E-state index contributed by atoms with van der Waals surface area (Å²) < 4.78 is 4.20. The normalized spacial score (nSPS) is 12.0. The molecule has 0 fully saturated rings. The first-order valence-corrected chi connectivity index (χ1v) is 8.72. The molecule has 2 aromatic rings. The number of aldehydes is 1. The topological polar surface area (TPSA) is 114 Å². The predicted octanol–water partition coefficient (Wildman–Crippen LogP) is 2.59. The summed E-state index contributed by atoms with van der Waals surface area (Å²) in [7, 11) is 0. The van der Waals surface area contributed by atoms with E-state index in [4.69, 9.17) is 11.6 Å². The number of carbonyl (C=O) groups excluding carboxylic acids is 2. The fourth-order valence-corrected chi connectivity index (χ4v) is 3.15. The van der Waals surface area contributed by atoms with Gasteiger partial charge in [0.25, 0.3) is 5.91 Å². The third-order valence-corrected chi connectivity index (χ3v) is 4.48. The molecular formula is C17H23N5O2S. The fraction of sp³-hybridized carbons (Fsp3) is 0.353. The molecule has 0 saturated heterocycles. The Morgan fingerprint density at radius 1 is 1.40 bits per heavy atom. The van der Waals surface area contributed by atoms with Crippen LogP contribution in [0.3, 0.4) is 0 Å². The van der Waals surface area contributed by atoms with Crippen molar-refractivity contribution in [3.63, 3.8) is 0 Å². The lowest BCUT2D eigenvalue weighted by Gasteiger charge is -2.27. The molecule has 8 heteroatoms. The van der Waals surface area contributed by atoms with Crippen LogP contribution < -0.4 is 21.9 Å². The second kappa shape index (κ2) is 8.09. The Morgan fingerprint density at radius 3 is 2.64 bits per heavy atom. The van der Waals surface area contributed by atoms with Gasteiger partial charge in [-0.25, -0.2) is 5.84 Å². The van der Waals surface area contributed by atoms with Crippen molar-refractivity contribution in [2.75, 3.05) is 10.3 Å². The smallest absolute Gasteiger partial charge is 0.250 e. The highest BCUT2D eigenvalue weighted by Gasteiger charge is 2.19. The van der Waals surface area contributed by atoms with Crippen LogP contribution in [0.1, 0.15) is 36.3 Å². The van der Waals surface area contributed by atoms with Crippen LogP contribution in [-0.2, 0) is 4.79 Å². The molecule has 25 heavy (non-hydrogen) atoms. The Balaban J connectivity index is 2.35. The molecule has 0 unspecified atom stereocenters. The maximum absolute atomic E-state index is 11.7. The molecule has 7 nitrogen and oxygen atoms in total. The van der Waals surface area contributed by atoms with Crippen LogP contribution in [0.25, 0.3) is 0 Å². The third kappa shape index (κ3) is 4.77. The highest BCUT2D eigenvalue weighted by atomic mass is 32.1. The lowest BCUT2D eigenvalue weighted by Crippen LogP contribution is -2.43. The van der Waals surface area contributed by atoms with Crippen LogP contribution in [0.15, 0.2) is 24.3 Å². The van der Waals surface area contributed by atoms with Gasteiger partial charge in [0.15, 0.2) is 0 Å². The molecule has 0 radical (unpaired) electrons. The number of rotatable bonds is 8. The number of amides is 1. The minimum atomic E-state index is -0.548. The lowest BCUT2D eigenvalue weighted by atomic mass is 10.0. The molecule has 1 atom stereocenters. The largest absolute Gasteiger partial charge is 0.366 e. The van der Waals surface area contributed by atoms with E-state index in [-0.39, 0.29) is 0 Å². The number of nitrogens with zero attached hydrogens (tertiary/aromatic N) is 2. The summed E-state index contributed by atoms with van der Waals surface area (Å²) >= 11 is 1.28. The van der Waals surface area contributed by atoms with Crippen LogP contribution in [0.2, 0.25) is 0 Å². The van der Waals surface area contributed by atoms with Crippen LogP contribution in [-0.4, -0.2) is 22.6 Å². The number of aryl methyl sites for hydroxylation is 1. The number of carbonyl (C=O) groups is 2. The molecule has 0 aliphatic rings. The van der Waals surface area contributed by atoms with Gasteiger partial charge in [-0.05, 0) is 55.1 Å². The zero-order valence-electron chi connectivity index (χ0n) is 14.5. The molecule has 1 aromatic heterocycles. The van der Waals surface area contributed by atoms with E-state index >= 15 is 0 Å². The molecule has 0 spiro atoms. The highest BCUT2D eigenvalue weighted by Crippen LogP contribution is 2.29. The number of nitrogens with two attached hydrogens (primary N) is 2. The number of nitrogens with one attached hydrogen (secondary N) is 1. The Kier molecular flexibility index (Phi) is 6.11. The monoisotopic (exact) mass is 361 g/mol. The van der Waals surface area contributed by atoms with Gasteiger partial charge in [0, 0.05) is 0 Å². The van der Waals surface area contributed by atoms with E-state index in [0.29, 0.717) is 29.3 Å². The van der Waals surface area contributed by atoms with E-state index in [2.05, 4.69) is 9.69 Å². The Bertz CT molecular complexity index is 759. The minimum Gasteiger partial charge on any atom is -0.366 e. The van der Waals surface area contributed by atoms with Crippen molar-refractivity contribution >= 4 is 40.1 Å². The van der Waals surface area contributed by atoms with Gasteiger partial charge >= 0.3 is 0 Å². The number of anilines is 3. The predicted molar refractivity (Wildman–Crippen MR) is 101 cm³/mol. The first-order valence-electron chi connectivity index (χ1n) is 7.95. The summed E-state index contributed by atoms with van der Waals surface area (Å²) in [5.41, 5.74) is 7.82. The second-order valence-corrected chi connectivity index (χ2v) is 7.10. The summed E-state index contributed by atoms with van der Waals surface area (Å²) in [5.74, 6) is 5.91. The molecule has 0 aliphatic carbocycles. The Morgan fingerprint density at radius 2 is 2.12 bits per heavy atom. The number of hydrazine groups is 1. The van der Waals surface area contributed by atoms with E-state index < -0.39 is 11.9 Å². The quantitative estimate of drug-likeness (QED) is 0.378. The average Bonchev–Trinajstić information content (AvgIpc) is 2.96. The molecule has 5 N–H and O–H groups in total. The molecule has 0 aliphatic heterocycles. The molecule has 1 heterocycles. The number of aromatic nitrogens is 1. The SMILES string of the molecule is Cc1cc(Nc2cc(N(N)[C@@H](C=O)CC(C)C)ccc2C(N)=O)sn1. The number of benzene rings is 1. The highest BCUT2D eigenvalue weighted by molar-refractivity contribution is 7.10. The van der Waals surface area contributed by atoms with Crippen molar-refractivity contribution in [2.24, 2.45) is 17.5 Å². The molecule has 2 rings (SSSR count). The van der Waals surface area contributed by atoms with Crippen LogP contribution in [0.4, 0.5) is 16.4 Å². The summed E-state index contributed by atoms with van der Waals surface area (Å²) in [4.78, 5) is 23.1. The van der Waals surface area contributed by atoms with Crippen LogP contribution >= 0.6 is 11.5 Å². The molecule has 1 amide bonds. The summed E-state index contributed by atoms with van der Waals surface area (Å²) in [6.07, 6.45) is 1.47. The van der Waals surface area contributed by atoms with Gasteiger partial charge in [-0.3, -0.25) is 4.79 Å². The number of hydrogen-bond acceptors (Lipinski definition) is 7. The van der Waals surface area contributed by atoms with Gasteiger partial charge in [-0.2, -0.15) is 4.37 Å². The maximum Gasteiger partial charge on any atom is 0.250 e.